The van der Waals surface area contributed by atoms with Crippen LogP contribution in [0.5, 0.6) is 0 Å². The minimum atomic E-state index is -0.0345. The summed E-state index contributed by atoms with van der Waals surface area (Å²) in [5.41, 5.74) is 7.35. The molecule has 0 aromatic carbocycles. The van der Waals surface area contributed by atoms with Crippen LogP contribution in [0.1, 0.15) is 38.3 Å². The second-order valence-corrected chi connectivity index (χ2v) is 4.41. The van der Waals surface area contributed by atoms with Gasteiger partial charge in [0.2, 0.25) is 0 Å². The average Bonchev–Trinajstić information content (AvgIpc) is 3.02. The van der Waals surface area contributed by atoms with Gasteiger partial charge in [-0.3, -0.25) is 4.68 Å². The maximum Gasteiger partial charge on any atom is 0.0796 e. The Morgan fingerprint density at radius 1 is 1.56 bits per heavy atom. The van der Waals surface area contributed by atoms with E-state index in [-0.39, 0.29) is 12.1 Å². The number of hydrogen-bond donors (Lipinski definition) is 1. The molecule has 1 aliphatic rings. The quantitative estimate of drug-likeness (QED) is 0.799. The molecule has 1 fully saturated rings. The van der Waals surface area contributed by atoms with Gasteiger partial charge in [-0.25, -0.2) is 0 Å². The molecule has 1 aromatic heterocycles. The lowest BCUT2D eigenvalue weighted by atomic mass is 10.0. The van der Waals surface area contributed by atoms with E-state index in [0.717, 1.165) is 18.7 Å². The van der Waals surface area contributed by atoms with Crippen molar-refractivity contribution in [2.75, 3.05) is 6.61 Å². The lowest BCUT2D eigenvalue weighted by Crippen LogP contribution is -2.30. The maximum absolute atomic E-state index is 6.26. The summed E-state index contributed by atoms with van der Waals surface area (Å²) in [5.74, 6) is 0.653. The first kappa shape index (κ1) is 11.6. The number of rotatable bonds is 6. The largest absolute Gasteiger partial charge is 0.376 e. The lowest BCUT2D eigenvalue weighted by Gasteiger charge is -2.22. The summed E-state index contributed by atoms with van der Waals surface area (Å²) < 4.78 is 7.67. The zero-order valence-corrected chi connectivity index (χ0v) is 10.1. The van der Waals surface area contributed by atoms with Crippen molar-refractivity contribution < 1.29 is 4.74 Å². The fraction of sp³-hybridized carbons (Fsp3) is 0.750. The molecule has 0 bridgehead atoms. The highest BCUT2D eigenvalue weighted by Gasteiger charge is 2.36. The number of aryl methyl sites for hydroxylation is 1. The van der Waals surface area contributed by atoms with Crippen molar-refractivity contribution in [2.45, 2.75) is 45.4 Å². The molecule has 0 spiro atoms. The molecule has 0 saturated heterocycles. The Kier molecular flexibility index (Phi) is 3.61. The van der Waals surface area contributed by atoms with Gasteiger partial charge < -0.3 is 10.5 Å². The minimum absolute atomic E-state index is 0.0345. The highest BCUT2D eigenvalue weighted by atomic mass is 16.5. The molecule has 4 heteroatoms. The van der Waals surface area contributed by atoms with E-state index in [4.69, 9.17) is 10.5 Å². The van der Waals surface area contributed by atoms with Crippen LogP contribution in [0.2, 0.25) is 0 Å². The molecular weight excluding hydrogens is 202 g/mol. The monoisotopic (exact) mass is 223 g/mol. The molecule has 16 heavy (non-hydrogen) atoms. The minimum Gasteiger partial charge on any atom is -0.376 e. The summed E-state index contributed by atoms with van der Waals surface area (Å²) in [6, 6.07) is -0.0345. The molecule has 2 rings (SSSR count). The van der Waals surface area contributed by atoms with E-state index in [1.807, 2.05) is 24.0 Å². The molecular formula is C12H21N3O. The standard InChI is InChI=1S/C12H21N3O/c1-3-15-8-10(7-14-15)11(13)12(16-4-2)9-5-6-9/h7-9,11-12H,3-6,13H2,1-2H3. The summed E-state index contributed by atoms with van der Waals surface area (Å²) >= 11 is 0. The molecule has 0 radical (unpaired) electrons. The maximum atomic E-state index is 6.26. The molecule has 2 unspecified atom stereocenters. The molecule has 0 amide bonds. The molecule has 2 N–H and O–H groups in total. The van der Waals surface area contributed by atoms with Crippen LogP contribution in [-0.4, -0.2) is 22.5 Å². The van der Waals surface area contributed by atoms with Crippen LogP contribution in [0.15, 0.2) is 12.4 Å². The third kappa shape index (κ3) is 2.44. The molecule has 4 nitrogen and oxygen atoms in total. The summed E-state index contributed by atoms with van der Waals surface area (Å²) in [7, 11) is 0. The van der Waals surface area contributed by atoms with Crippen molar-refractivity contribution in [3.8, 4) is 0 Å². The topological polar surface area (TPSA) is 53.1 Å². The van der Waals surface area contributed by atoms with Gasteiger partial charge >= 0.3 is 0 Å². The van der Waals surface area contributed by atoms with Crippen LogP contribution in [0.4, 0.5) is 0 Å². The van der Waals surface area contributed by atoms with Crippen molar-refractivity contribution in [1.82, 2.24) is 9.78 Å². The van der Waals surface area contributed by atoms with E-state index in [2.05, 4.69) is 12.0 Å². The van der Waals surface area contributed by atoms with Crippen molar-refractivity contribution >= 4 is 0 Å². The highest BCUT2D eigenvalue weighted by molar-refractivity contribution is 5.13. The van der Waals surface area contributed by atoms with Gasteiger partial charge in [-0.05, 0) is 32.6 Å². The zero-order valence-electron chi connectivity index (χ0n) is 10.1. The van der Waals surface area contributed by atoms with E-state index in [9.17, 15) is 0 Å². The van der Waals surface area contributed by atoms with Gasteiger partial charge in [0, 0.05) is 24.9 Å². The fourth-order valence-corrected chi connectivity index (χ4v) is 2.06. The van der Waals surface area contributed by atoms with Crippen LogP contribution in [0, 0.1) is 5.92 Å². The molecule has 1 saturated carbocycles. The summed E-state index contributed by atoms with van der Waals surface area (Å²) in [6.45, 7) is 5.72. The van der Waals surface area contributed by atoms with Crippen LogP contribution in [0.25, 0.3) is 0 Å². The van der Waals surface area contributed by atoms with Gasteiger partial charge in [-0.15, -0.1) is 0 Å². The van der Waals surface area contributed by atoms with E-state index in [1.165, 1.54) is 12.8 Å². The molecule has 1 aromatic rings. The van der Waals surface area contributed by atoms with Gasteiger partial charge in [-0.1, -0.05) is 0 Å². The second-order valence-electron chi connectivity index (χ2n) is 4.41. The molecule has 0 aliphatic heterocycles. The van der Waals surface area contributed by atoms with E-state index in [0.29, 0.717) is 5.92 Å². The van der Waals surface area contributed by atoms with Gasteiger partial charge in [-0.2, -0.15) is 5.10 Å². The fourth-order valence-electron chi connectivity index (χ4n) is 2.06. The van der Waals surface area contributed by atoms with Crippen LogP contribution >= 0.6 is 0 Å². The summed E-state index contributed by atoms with van der Waals surface area (Å²) in [5, 5.41) is 4.26. The Labute approximate surface area is 96.8 Å². The van der Waals surface area contributed by atoms with Crippen LogP contribution in [-0.2, 0) is 11.3 Å². The second kappa shape index (κ2) is 4.97. The first-order chi connectivity index (χ1) is 7.76. The average molecular weight is 223 g/mol. The van der Waals surface area contributed by atoms with E-state index < -0.39 is 0 Å². The van der Waals surface area contributed by atoms with E-state index in [1.54, 1.807) is 0 Å². The van der Waals surface area contributed by atoms with Crippen LogP contribution in [0.3, 0.4) is 0 Å². The van der Waals surface area contributed by atoms with Crippen molar-refractivity contribution in [2.24, 2.45) is 11.7 Å². The number of hydrogen-bond acceptors (Lipinski definition) is 3. The Balaban J connectivity index is 2.05. The van der Waals surface area contributed by atoms with Crippen molar-refractivity contribution in [3.05, 3.63) is 18.0 Å². The first-order valence-electron chi connectivity index (χ1n) is 6.15. The highest BCUT2D eigenvalue weighted by Crippen LogP contribution is 2.39. The smallest absolute Gasteiger partial charge is 0.0796 e. The predicted octanol–water partition coefficient (Wildman–Crippen LogP) is 1.72. The zero-order chi connectivity index (χ0) is 11.5. The summed E-state index contributed by atoms with van der Waals surface area (Å²) in [4.78, 5) is 0. The van der Waals surface area contributed by atoms with Crippen molar-refractivity contribution in [1.29, 1.82) is 0 Å². The molecule has 2 atom stereocenters. The molecule has 1 aliphatic carbocycles. The SMILES string of the molecule is CCOC(C1CC1)C(N)c1cnn(CC)c1. The van der Waals surface area contributed by atoms with Gasteiger partial charge in [0.1, 0.15) is 0 Å². The Bertz CT molecular complexity index is 333. The third-order valence-corrected chi connectivity index (χ3v) is 3.16. The van der Waals surface area contributed by atoms with E-state index >= 15 is 0 Å². The van der Waals surface area contributed by atoms with Gasteiger partial charge in [0.05, 0.1) is 18.3 Å². The lowest BCUT2D eigenvalue weighted by molar-refractivity contribution is 0.0283. The Morgan fingerprint density at radius 3 is 2.81 bits per heavy atom. The Morgan fingerprint density at radius 2 is 2.31 bits per heavy atom. The number of aromatic nitrogens is 2. The number of nitrogens with zero attached hydrogens (tertiary/aromatic N) is 2. The first-order valence-corrected chi connectivity index (χ1v) is 6.15. The van der Waals surface area contributed by atoms with Crippen molar-refractivity contribution in [3.63, 3.8) is 0 Å². The predicted molar refractivity (Wildman–Crippen MR) is 63.0 cm³/mol. The van der Waals surface area contributed by atoms with Gasteiger partial charge in [0.15, 0.2) is 0 Å². The van der Waals surface area contributed by atoms with Gasteiger partial charge in [0.25, 0.3) is 0 Å². The molecule has 90 valence electrons. The number of ether oxygens (including phenoxy) is 1. The Hall–Kier alpha value is -0.870. The molecule has 1 heterocycles. The van der Waals surface area contributed by atoms with Crippen LogP contribution < -0.4 is 5.73 Å². The summed E-state index contributed by atoms with van der Waals surface area (Å²) in [6.07, 6.45) is 6.56. The normalized spacial score (nSPS) is 19.7. The number of nitrogens with two attached hydrogens (primary N) is 1. The third-order valence-electron chi connectivity index (χ3n) is 3.16.